The van der Waals surface area contributed by atoms with Crippen LogP contribution in [0.3, 0.4) is 0 Å². The zero-order valence-corrected chi connectivity index (χ0v) is 18.6. The molecule has 0 fully saturated rings. The number of carbonyl (C=O) groups is 1. The van der Waals surface area contributed by atoms with E-state index in [1.165, 1.54) is 6.07 Å². The zero-order valence-electron chi connectivity index (χ0n) is 18.6. The minimum absolute atomic E-state index is 0.0404. The predicted molar refractivity (Wildman–Crippen MR) is 122 cm³/mol. The van der Waals surface area contributed by atoms with Gasteiger partial charge in [0, 0.05) is 31.9 Å². The number of aryl methyl sites for hydroxylation is 2. The number of amides is 1. The van der Waals surface area contributed by atoms with Crippen molar-refractivity contribution in [3.05, 3.63) is 99.5 Å². The van der Waals surface area contributed by atoms with E-state index in [1.54, 1.807) is 16.8 Å². The van der Waals surface area contributed by atoms with E-state index in [9.17, 15) is 22.8 Å². The van der Waals surface area contributed by atoms with Crippen LogP contribution in [0, 0.1) is 0 Å². The van der Waals surface area contributed by atoms with Crippen molar-refractivity contribution in [2.75, 3.05) is 13.1 Å². The first kappa shape index (κ1) is 23.6. The minimum Gasteiger partial charge on any atom is -0.489 e. The van der Waals surface area contributed by atoms with E-state index in [0.29, 0.717) is 38.2 Å². The van der Waals surface area contributed by atoms with Crippen LogP contribution in [-0.4, -0.2) is 34.6 Å². The first-order chi connectivity index (χ1) is 16.3. The lowest BCUT2D eigenvalue weighted by atomic mass is 9.99. The van der Waals surface area contributed by atoms with Crippen molar-refractivity contribution >= 4 is 5.91 Å². The number of rotatable bonds is 6. The van der Waals surface area contributed by atoms with Crippen LogP contribution in [0.1, 0.15) is 22.3 Å². The third kappa shape index (κ3) is 5.87. The van der Waals surface area contributed by atoms with Gasteiger partial charge in [-0.2, -0.15) is 13.2 Å². The third-order valence-corrected chi connectivity index (χ3v) is 5.96. The summed E-state index contributed by atoms with van der Waals surface area (Å²) in [6, 6.07) is 18.7. The van der Waals surface area contributed by atoms with Crippen LogP contribution >= 0.6 is 0 Å². The first-order valence-corrected chi connectivity index (χ1v) is 11.1. The number of hydrogen-bond acceptors (Lipinski definition) is 3. The third-order valence-electron chi connectivity index (χ3n) is 5.96. The average Bonchev–Trinajstić information content (AvgIpc) is 3.04. The molecule has 0 bridgehead atoms. The van der Waals surface area contributed by atoms with Crippen LogP contribution in [0.2, 0.25) is 0 Å². The van der Waals surface area contributed by atoms with Crippen LogP contribution in [0.15, 0.2) is 71.7 Å². The molecule has 1 aromatic heterocycles. The number of aromatic nitrogens is 1. The molecular weight excluding hydrogens is 445 g/mol. The highest BCUT2D eigenvalue weighted by molar-refractivity contribution is 5.82. The van der Waals surface area contributed by atoms with Gasteiger partial charge in [0.2, 0.25) is 0 Å². The number of alkyl halides is 3. The van der Waals surface area contributed by atoms with Gasteiger partial charge >= 0.3 is 12.1 Å². The average molecular weight is 470 g/mol. The number of carbonyl (C=O) groups excluding carboxylic acids is 1. The molecule has 4 rings (SSSR count). The Balaban J connectivity index is 1.35. The van der Waals surface area contributed by atoms with Gasteiger partial charge in [-0.3, -0.25) is 9.59 Å². The van der Waals surface area contributed by atoms with Gasteiger partial charge in [0.15, 0.2) is 0 Å². The van der Waals surface area contributed by atoms with Gasteiger partial charge in [-0.1, -0.05) is 48.5 Å². The van der Waals surface area contributed by atoms with Crippen molar-refractivity contribution in [3.63, 3.8) is 0 Å². The standard InChI is InChI=1S/C26H25F3N2O3/c27-26(28,29)25(33)31-13-9-21-7-6-19(16-22(21)10-14-31)8-12-30-15-11-23(17-24(30)32)34-18-20-4-2-1-3-5-20/h1-7,11,15-17H,8-10,12-14,18H2. The molecule has 8 heteroatoms. The van der Waals surface area contributed by atoms with Crippen molar-refractivity contribution in [1.82, 2.24) is 9.47 Å². The molecule has 0 aliphatic carbocycles. The van der Waals surface area contributed by atoms with E-state index in [2.05, 4.69) is 0 Å². The lowest BCUT2D eigenvalue weighted by Gasteiger charge is -2.21. The Kier molecular flexibility index (Phi) is 7.05. The summed E-state index contributed by atoms with van der Waals surface area (Å²) in [6.45, 7) is 0.943. The number of hydrogen-bond donors (Lipinski definition) is 0. The number of nitrogens with zero attached hydrogens (tertiary/aromatic N) is 2. The quantitative estimate of drug-likeness (QED) is 0.544. The maximum atomic E-state index is 12.8. The van der Waals surface area contributed by atoms with Crippen molar-refractivity contribution in [1.29, 1.82) is 0 Å². The van der Waals surface area contributed by atoms with Crippen molar-refractivity contribution in [2.24, 2.45) is 0 Å². The van der Waals surface area contributed by atoms with Gasteiger partial charge in [0.05, 0.1) is 0 Å². The van der Waals surface area contributed by atoms with E-state index < -0.39 is 12.1 Å². The molecule has 1 aliphatic heterocycles. The Morgan fingerprint density at radius 3 is 2.35 bits per heavy atom. The number of ether oxygens (including phenoxy) is 1. The molecule has 0 spiro atoms. The second kappa shape index (κ2) is 10.2. The highest BCUT2D eigenvalue weighted by Gasteiger charge is 2.42. The largest absolute Gasteiger partial charge is 0.489 e. The summed E-state index contributed by atoms with van der Waals surface area (Å²) >= 11 is 0. The number of benzene rings is 2. The number of pyridine rings is 1. The monoisotopic (exact) mass is 470 g/mol. The fourth-order valence-corrected chi connectivity index (χ4v) is 4.07. The lowest BCUT2D eigenvalue weighted by molar-refractivity contribution is -0.185. The van der Waals surface area contributed by atoms with Crippen LogP contribution in [0.25, 0.3) is 0 Å². The van der Waals surface area contributed by atoms with Gasteiger partial charge in [0.1, 0.15) is 12.4 Å². The first-order valence-electron chi connectivity index (χ1n) is 11.1. The van der Waals surface area contributed by atoms with Crippen LogP contribution in [0.5, 0.6) is 5.75 Å². The minimum atomic E-state index is -4.85. The molecule has 34 heavy (non-hydrogen) atoms. The summed E-state index contributed by atoms with van der Waals surface area (Å²) in [5, 5.41) is 0. The fourth-order valence-electron chi connectivity index (χ4n) is 4.07. The van der Waals surface area contributed by atoms with Crippen molar-refractivity contribution < 1.29 is 22.7 Å². The smallest absolute Gasteiger partial charge is 0.471 e. The highest BCUT2D eigenvalue weighted by Crippen LogP contribution is 2.23. The lowest BCUT2D eigenvalue weighted by Crippen LogP contribution is -2.42. The number of halogens is 3. The van der Waals surface area contributed by atoms with Gasteiger partial charge in [-0.25, -0.2) is 0 Å². The Morgan fingerprint density at radius 2 is 1.65 bits per heavy atom. The van der Waals surface area contributed by atoms with E-state index in [1.807, 2.05) is 48.5 Å². The molecule has 1 amide bonds. The Hall–Kier alpha value is -3.55. The molecule has 0 saturated carbocycles. The highest BCUT2D eigenvalue weighted by atomic mass is 19.4. The van der Waals surface area contributed by atoms with E-state index >= 15 is 0 Å². The van der Waals surface area contributed by atoms with Gasteiger partial charge < -0.3 is 14.2 Å². The van der Waals surface area contributed by atoms with E-state index in [0.717, 1.165) is 27.2 Å². The summed E-state index contributed by atoms with van der Waals surface area (Å²) in [6.07, 6.45) is -1.79. The molecule has 2 heterocycles. The number of fused-ring (bicyclic) bond motifs is 1. The molecule has 2 aromatic carbocycles. The molecule has 178 valence electrons. The summed E-state index contributed by atoms with van der Waals surface area (Å²) in [5.41, 5.74) is 3.75. The summed E-state index contributed by atoms with van der Waals surface area (Å²) in [7, 11) is 0. The van der Waals surface area contributed by atoms with Crippen molar-refractivity contribution in [3.8, 4) is 5.75 Å². The van der Waals surface area contributed by atoms with Crippen LogP contribution < -0.4 is 10.3 Å². The van der Waals surface area contributed by atoms with E-state index in [-0.39, 0.29) is 18.6 Å². The topological polar surface area (TPSA) is 51.5 Å². The molecule has 0 atom stereocenters. The second-order valence-electron chi connectivity index (χ2n) is 8.31. The SMILES string of the molecule is O=C(N1CCc2ccc(CCn3ccc(OCc4ccccc4)cc3=O)cc2CC1)C(F)(F)F. The predicted octanol–water partition coefficient (Wildman–Crippen LogP) is 4.16. The van der Waals surface area contributed by atoms with Gasteiger partial charge in [-0.15, -0.1) is 0 Å². The summed E-state index contributed by atoms with van der Waals surface area (Å²) in [5.74, 6) is -1.27. The molecule has 5 nitrogen and oxygen atoms in total. The molecule has 1 aliphatic rings. The maximum absolute atomic E-state index is 12.8. The molecule has 3 aromatic rings. The zero-order chi connectivity index (χ0) is 24.1. The summed E-state index contributed by atoms with van der Waals surface area (Å²) < 4.78 is 45.6. The Bertz CT molecular complexity index is 1210. The molecule has 0 N–H and O–H groups in total. The second-order valence-corrected chi connectivity index (χ2v) is 8.31. The fraction of sp³-hybridized carbons (Fsp3) is 0.308. The summed E-state index contributed by atoms with van der Waals surface area (Å²) in [4.78, 5) is 24.9. The maximum Gasteiger partial charge on any atom is 0.471 e. The molecule has 0 saturated heterocycles. The van der Waals surface area contributed by atoms with Gasteiger partial charge in [0.25, 0.3) is 5.56 Å². The molecule has 0 unspecified atom stereocenters. The Labute approximate surface area is 195 Å². The van der Waals surface area contributed by atoms with E-state index in [4.69, 9.17) is 4.74 Å². The molecular formula is C26H25F3N2O3. The Morgan fingerprint density at radius 1 is 0.912 bits per heavy atom. The van der Waals surface area contributed by atoms with Crippen molar-refractivity contribution in [2.45, 2.75) is 38.6 Å². The van der Waals surface area contributed by atoms with Gasteiger partial charge in [-0.05, 0) is 47.6 Å². The molecule has 0 radical (unpaired) electrons. The van der Waals surface area contributed by atoms with Crippen LogP contribution in [0.4, 0.5) is 13.2 Å². The van der Waals surface area contributed by atoms with Crippen LogP contribution in [-0.2, 0) is 37.2 Å². The normalized spacial score (nSPS) is 13.8.